The highest BCUT2D eigenvalue weighted by atomic mass is 32.1. The third-order valence-corrected chi connectivity index (χ3v) is 5.61. The minimum Gasteiger partial charge on any atom is -0.490 e. The molecule has 3 aromatic rings. The van der Waals surface area contributed by atoms with Gasteiger partial charge < -0.3 is 18.6 Å². The Morgan fingerprint density at radius 1 is 1.09 bits per heavy atom. The molecule has 0 N–H and O–H groups in total. The molecule has 1 atom stereocenters. The molecule has 9 heteroatoms. The van der Waals surface area contributed by atoms with Gasteiger partial charge in [0.25, 0.3) is 5.91 Å². The fraction of sp³-hybridized carbons (Fsp3) is 0.261. The van der Waals surface area contributed by atoms with Crippen LogP contribution in [0.2, 0.25) is 0 Å². The number of thiophene rings is 1. The molecule has 1 unspecified atom stereocenters. The van der Waals surface area contributed by atoms with Crippen LogP contribution in [0, 0.1) is 0 Å². The van der Waals surface area contributed by atoms with Crippen LogP contribution in [0.15, 0.2) is 69.7 Å². The summed E-state index contributed by atoms with van der Waals surface area (Å²) in [5, 5.41) is 7.76. The number of rotatable bonds is 9. The van der Waals surface area contributed by atoms with Crippen molar-refractivity contribution in [3.8, 4) is 11.5 Å². The summed E-state index contributed by atoms with van der Waals surface area (Å²) in [5.74, 6) is 0.477. The molecule has 1 amide bonds. The summed E-state index contributed by atoms with van der Waals surface area (Å²) < 4.78 is 21.6. The lowest BCUT2D eigenvalue weighted by atomic mass is 10.1. The molecule has 1 aliphatic rings. The van der Waals surface area contributed by atoms with Crippen LogP contribution in [-0.2, 0) is 14.3 Å². The second-order valence-corrected chi connectivity index (χ2v) is 7.77. The molecule has 3 heterocycles. The molecule has 0 bridgehead atoms. The lowest BCUT2D eigenvalue weighted by molar-refractivity contribution is -0.154. The standard InChI is InChI=1S/C23H22N2O6S/c1-2-28-19-7-3-4-8-20(19)30-15-23(27)31-14-22(26)25-17(18-9-5-11-29-18)13-16(24-25)21-10-6-12-32-21/h3-12,17H,2,13-15H2,1H3. The summed E-state index contributed by atoms with van der Waals surface area (Å²) >= 11 is 1.55. The Bertz CT molecular complexity index is 1080. The number of ether oxygens (including phenoxy) is 3. The van der Waals surface area contributed by atoms with Crippen LogP contribution in [0.5, 0.6) is 11.5 Å². The van der Waals surface area contributed by atoms with Gasteiger partial charge in [-0.3, -0.25) is 4.79 Å². The van der Waals surface area contributed by atoms with Crippen molar-refractivity contribution in [3.05, 3.63) is 70.8 Å². The van der Waals surface area contributed by atoms with Gasteiger partial charge in [-0.05, 0) is 42.6 Å². The lowest BCUT2D eigenvalue weighted by Gasteiger charge is -2.19. The molecule has 2 aromatic heterocycles. The van der Waals surface area contributed by atoms with Crippen molar-refractivity contribution in [2.75, 3.05) is 19.8 Å². The lowest BCUT2D eigenvalue weighted by Crippen LogP contribution is -2.32. The number of para-hydroxylation sites is 2. The Kier molecular flexibility index (Phi) is 6.86. The van der Waals surface area contributed by atoms with Crippen LogP contribution < -0.4 is 9.47 Å². The first kappa shape index (κ1) is 21.6. The summed E-state index contributed by atoms with van der Waals surface area (Å²) in [6, 6.07) is 14.1. The fourth-order valence-corrected chi connectivity index (χ4v) is 3.99. The summed E-state index contributed by atoms with van der Waals surface area (Å²) in [4.78, 5) is 26.0. The van der Waals surface area contributed by atoms with E-state index >= 15 is 0 Å². The average Bonchev–Trinajstić information content (AvgIpc) is 3.57. The zero-order valence-corrected chi connectivity index (χ0v) is 18.2. The van der Waals surface area contributed by atoms with Crippen LogP contribution >= 0.6 is 11.3 Å². The molecule has 8 nitrogen and oxygen atoms in total. The molecule has 0 saturated heterocycles. The first-order chi connectivity index (χ1) is 15.7. The van der Waals surface area contributed by atoms with Crippen molar-refractivity contribution in [1.29, 1.82) is 0 Å². The van der Waals surface area contributed by atoms with E-state index < -0.39 is 18.5 Å². The summed E-state index contributed by atoms with van der Waals surface area (Å²) in [6.45, 7) is 1.54. The predicted molar refractivity (Wildman–Crippen MR) is 118 cm³/mol. The van der Waals surface area contributed by atoms with Crippen molar-refractivity contribution >= 4 is 28.9 Å². The number of hydrazone groups is 1. The van der Waals surface area contributed by atoms with Crippen molar-refractivity contribution in [2.24, 2.45) is 5.10 Å². The topological polar surface area (TPSA) is 90.6 Å². The maximum absolute atomic E-state index is 12.8. The van der Waals surface area contributed by atoms with Crippen LogP contribution in [0.1, 0.15) is 30.0 Å². The van der Waals surface area contributed by atoms with Gasteiger partial charge in [-0.2, -0.15) is 5.10 Å². The molecular weight excluding hydrogens is 432 g/mol. The third-order valence-electron chi connectivity index (χ3n) is 4.69. The first-order valence-corrected chi connectivity index (χ1v) is 11.0. The Morgan fingerprint density at radius 2 is 1.91 bits per heavy atom. The van der Waals surface area contributed by atoms with E-state index in [9.17, 15) is 9.59 Å². The van der Waals surface area contributed by atoms with E-state index in [1.54, 1.807) is 47.9 Å². The molecule has 0 spiro atoms. The second kappa shape index (κ2) is 10.1. The average molecular weight is 455 g/mol. The molecule has 0 aliphatic carbocycles. The number of nitrogens with zero attached hydrogens (tertiary/aromatic N) is 2. The Balaban J connectivity index is 1.36. The number of hydrogen-bond acceptors (Lipinski definition) is 8. The summed E-state index contributed by atoms with van der Waals surface area (Å²) in [5.41, 5.74) is 0.789. The Hall–Kier alpha value is -3.59. The maximum atomic E-state index is 12.8. The van der Waals surface area contributed by atoms with Gasteiger partial charge in [0.2, 0.25) is 0 Å². The van der Waals surface area contributed by atoms with Gasteiger partial charge in [-0.25, -0.2) is 9.80 Å². The van der Waals surface area contributed by atoms with Crippen LogP contribution in [0.4, 0.5) is 0 Å². The van der Waals surface area contributed by atoms with E-state index in [1.165, 1.54) is 5.01 Å². The van der Waals surface area contributed by atoms with E-state index in [2.05, 4.69) is 5.10 Å². The number of benzene rings is 1. The Labute approximate surface area is 189 Å². The zero-order valence-electron chi connectivity index (χ0n) is 17.4. The zero-order chi connectivity index (χ0) is 22.3. The molecule has 0 saturated carbocycles. The number of amides is 1. The van der Waals surface area contributed by atoms with Gasteiger partial charge in [-0.1, -0.05) is 18.2 Å². The van der Waals surface area contributed by atoms with E-state index in [4.69, 9.17) is 18.6 Å². The molecule has 32 heavy (non-hydrogen) atoms. The molecule has 166 valence electrons. The van der Waals surface area contributed by atoms with Gasteiger partial charge in [-0.15, -0.1) is 11.3 Å². The molecule has 1 aliphatic heterocycles. The summed E-state index contributed by atoms with van der Waals surface area (Å²) in [7, 11) is 0. The Morgan fingerprint density at radius 3 is 2.59 bits per heavy atom. The molecular formula is C23H22N2O6S. The first-order valence-electron chi connectivity index (χ1n) is 10.1. The van der Waals surface area contributed by atoms with Crippen LogP contribution in [0.25, 0.3) is 0 Å². The fourth-order valence-electron chi connectivity index (χ4n) is 3.27. The number of carbonyl (C=O) groups excluding carboxylic acids is 2. The molecule has 4 rings (SSSR count). The van der Waals surface area contributed by atoms with Crippen LogP contribution in [-0.4, -0.2) is 42.4 Å². The highest BCUT2D eigenvalue weighted by molar-refractivity contribution is 7.12. The van der Waals surface area contributed by atoms with E-state index in [0.29, 0.717) is 30.3 Å². The third kappa shape index (κ3) is 5.00. The number of esters is 1. The van der Waals surface area contributed by atoms with Crippen LogP contribution in [0.3, 0.4) is 0 Å². The van der Waals surface area contributed by atoms with Gasteiger partial charge in [0.15, 0.2) is 24.7 Å². The quantitative estimate of drug-likeness (QED) is 0.453. The van der Waals surface area contributed by atoms with E-state index in [1.807, 2.05) is 30.5 Å². The highest BCUT2D eigenvalue weighted by Gasteiger charge is 2.35. The molecule has 0 fully saturated rings. The van der Waals surface area contributed by atoms with E-state index in [-0.39, 0.29) is 12.6 Å². The summed E-state index contributed by atoms with van der Waals surface area (Å²) in [6.07, 6.45) is 2.07. The normalized spacial score (nSPS) is 15.3. The van der Waals surface area contributed by atoms with Gasteiger partial charge >= 0.3 is 5.97 Å². The minimum absolute atomic E-state index is 0.345. The monoisotopic (exact) mass is 454 g/mol. The second-order valence-electron chi connectivity index (χ2n) is 6.83. The maximum Gasteiger partial charge on any atom is 0.344 e. The van der Waals surface area contributed by atoms with Gasteiger partial charge in [0.05, 0.1) is 23.5 Å². The highest BCUT2D eigenvalue weighted by Crippen LogP contribution is 2.34. The van der Waals surface area contributed by atoms with Gasteiger partial charge in [0.1, 0.15) is 11.8 Å². The van der Waals surface area contributed by atoms with Crippen molar-refractivity contribution in [1.82, 2.24) is 5.01 Å². The predicted octanol–water partition coefficient (Wildman–Crippen LogP) is 4.04. The minimum atomic E-state index is -0.666. The number of carbonyl (C=O) groups is 2. The van der Waals surface area contributed by atoms with Gasteiger partial charge in [0, 0.05) is 6.42 Å². The van der Waals surface area contributed by atoms with Crippen molar-refractivity contribution < 1.29 is 28.2 Å². The van der Waals surface area contributed by atoms with Crippen molar-refractivity contribution in [3.63, 3.8) is 0 Å². The smallest absolute Gasteiger partial charge is 0.344 e. The van der Waals surface area contributed by atoms with Crippen molar-refractivity contribution in [2.45, 2.75) is 19.4 Å². The molecule has 1 aromatic carbocycles. The number of hydrogen-bond donors (Lipinski definition) is 0. The SMILES string of the molecule is CCOc1ccccc1OCC(=O)OCC(=O)N1N=C(c2cccs2)CC1c1ccco1. The molecule has 0 radical (unpaired) electrons. The number of furan rings is 1. The largest absolute Gasteiger partial charge is 0.490 e. The van der Waals surface area contributed by atoms with E-state index in [0.717, 1.165) is 10.6 Å².